The van der Waals surface area contributed by atoms with E-state index in [-0.39, 0.29) is 5.91 Å². The lowest BCUT2D eigenvalue weighted by atomic mass is 10.0. The predicted octanol–water partition coefficient (Wildman–Crippen LogP) is 6.06. The highest BCUT2D eigenvalue weighted by molar-refractivity contribution is 6.00. The predicted molar refractivity (Wildman–Crippen MR) is 108 cm³/mol. The smallest absolute Gasteiger partial charge is 0.240 e. The van der Waals surface area contributed by atoms with Crippen molar-refractivity contribution in [2.24, 2.45) is 5.10 Å². The second-order valence-electron chi connectivity index (χ2n) is 7.13. The van der Waals surface area contributed by atoms with Gasteiger partial charge in [-0.1, -0.05) is 82.1 Å². The second kappa shape index (κ2) is 12.7. The highest BCUT2D eigenvalue weighted by Crippen LogP contribution is 2.12. The average Bonchev–Trinajstić information content (AvgIpc) is 2.58. The van der Waals surface area contributed by atoms with Gasteiger partial charge in [0.15, 0.2) is 0 Å². The first-order chi connectivity index (χ1) is 12.0. The summed E-state index contributed by atoms with van der Waals surface area (Å²) < 4.78 is 0. The van der Waals surface area contributed by atoms with Crippen LogP contribution in [0, 0.1) is 13.8 Å². The number of aryl methyl sites for hydroxylation is 2. The molecule has 0 saturated carbocycles. The van der Waals surface area contributed by atoms with E-state index >= 15 is 0 Å². The van der Waals surface area contributed by atoms with Gasteiger partial charge in [-0.2, -0.15) is 5.10 Å². The topological polar surface area (TPSA) is 41.5 Å². The Morgan fingerprint density at radius 1 is 0.960 bits per heavy atom. The molecule has 1 rings (SSSR count). The first-order valence-electron chi connectivity index (χ1n) is 9.95. The van der Waals surface area contributed by atoms with Gasteiger partial charge in [-0.25, -0.2) is 5.43 Å². The lowest BCUT2D eigenvalue weighted by Crippen LogP contribution is -2.19. The zero-order chi connectivity index (χ0) is 18.5. The molecular formula is C22H36N2O. The zero-order valence-electron chi connectivity index (χ0n) is 16.7. The molecule has 0 unspecified atom stereocenters. The molecule has 0 aromatic heterocycles. The highest BCUT2D eigenvalue weighted by atomic mass is 16.2. The molecule has 0 aliphatic carbocycles. The molecular weight excluding hydrogens is 308 g/mol. The Morgan fingerprint density at radius 2 is 1.56 bits per heavy atom. The Labute approximate surface area is 154 Å². The van der Waals surface area contributed by atoms with E-state index < -0.39 is 0 Å². The number of unbranched alkanes of at least 4 members (excludes halogenated alkanes) is 8. The van der Waals surface area contributed by atoms with Gasteiger partial charge in [0.25, 0.3) is 0 Å². The van der Waals surface area contributed by atoms with Crippen LogP contribution in [0.3, 0.4) is 0 Å². The fraction of sp³-hybridized carbons (Fsp3) is 0.636. The fourth-order valence-electron chi connectivity index (χ4n) is 3.08. The molecule has 25 heavy (non-hydrogen) atoms. The molecule has 0 fully saturated rings. The van der Waals surface area contributed by atoms with E-state index in [0.29, 0.717) is 6.42 Å². The van der Waals surface area contributed by atoms with E-state index in [4.69, 9.17) is 0 Å². The molecule has 0 aliphatic heterocycles. The van der Waals surface area contributed by atoms with Gasteiger partial charge in [0.05, 0.1) is 5.71 Å². The van der Waals surface area contributed by atoms with Gasteiger partial charge in [0, 0.05) is 12.0 Å². The summed E-state index contributed by atoms with van der Waals surface area (Å²) in [6.07, 6.45) is 11.9. The Hall–Kier alpha value is -1.64. The van der Waals surface area contributed by atoms with Crippen LogP contribution >= 0.6 is 0 Å². The number of carbonyl (C=O) groups is 1. The summed E-state index contributed by atoms with van der Waals surface area (Å²) in [4.78, 5) is 11.9. The van der Waals surface area contributed by atoms with Gasteiger partial charge in [-0.3, -0.25) is 4.79 Å². The molecule has 0 radical (unpaired) electrons. The van der Waals surface area contributed by atoms with Crippen LogP contribution in [0.1, 0.15) is 94.7 Å². The van der Waals surface area contributed by atoms with Crippen molar-refractivity contribution in [1.29, 1.82) is 0 Å². The summed E-state index contributed by atoms with van der Waals surface area (Å²) in [5, 5.41) is 4.26. The van der Waals surface area contributed by atoms with E-state index in [1.54, 1.807) is 0 Å². The monoisotopic (exact) mass is 344 g/mol. The molecule has 0 saturated heterocycles. The second-order valence-corrected chi connectivity index (χ2v) is 7.13. The minimum absolute atomic E-state index is 0.0204. The molecule has 0 atom stereocenters. The Kier molecular flexibility index (Phi) is 10.9. The van der Waals surface area contributed by atoms with Crippen molar-refractivity contribution in [3.8, 4) is 0 Å². The van der Waals surface area contributed by atoms with Crippen LogP contribution in [0.25, 0.3) is 0 Å². The largest absolute Gasteiger partial charge is 0.273 e. The van der Waals surface area contributed by atoms with Crippen molar-refractivity contribution in [2.75, 3.05) is 0 Å². The van der Waals surface area contributed by atoms with E-state index in [9.17, 15) is 4.79 Å². The average molecular weight is 345 g/mol. The Balaban J connectivity index is 2.17. The van der Waals surface area contributed by atoms with E-state index in [1.165, 1.54) is 56.1 Å². The van der Waals surface area contributed by atoms with E-state index in [1.807, 2.05) is 6.92 Å². The Morgan fingerprint density at radius 3 is 2.16 bits per heavy atom. The molecule has 3 heteroatoms. The third-order valence-corrected chi connectivity index (χ3v) is 4.63. The SMILES string of the molecule is CCCCCCCCCCCC(=O)N/N=C(\C)c1ccc(C)cc1C. The molecule has 0 aliphatic rings. The third-order valence-electron chi connectivity index (χ3n) is 4.63. The van der Waals surface area contributed by atoms with E-state index in [2.05, 4.69) is 49.5 Å². The number of amides is 1. The first kappa shape index (κ1) is 21.4. The quantitative estimate of drug-likeness (QED) is 0.279. The van der Waals surface area contributed by atoms with Gasteiger partial charge >= 0.3 is 0 Å². The molecule has 140 valence electrons. The lowest BCUT2D eigenvalue weighted by Gasteiger charge is -2.07. The van der Waals surface area contributed by atoms with Gasteiger partial charge in [0.2, 0.25) is 5.91 Å². The summed E-state index contributed by atoms with van der Waals surface area (Å²) in [6, 6.07) is 6.28. The number of benzene rings is 1. The van der Waals surface area contributed by atoms with Gasteiger partial charge in [-0.15, -0.1) is 0 Å². The van der Waals surface area contributed by atoms with Crippen LogP contribution in [0.2, 0.25) is 0 Å². The van der Waals surface area contributed by atoms with Crippen LogP contribution in [0.5, 0.6) is 0 Å². The number of carbonyl (C=O) groups excluding carboxylic acids is 1. The van der Waals surface area contributed by atoms with Crippen LogP contribution in [0.4, 0.5) is 0 Å². The number of nitrogens with one attached hydrogen (secondary N) is 1. The van der Waals surface area contributed by atoms with Crippen LogP contribution in [-0.2, 0) is 4.79 Å². The normalized spacial score (nSPS) is 11.6. The fourth-order valence-corrected chi connectivity index (χ4v) is 3.08. The van der Waals surface area contributed by atoms with Crippen molar-refractivity contribution in [3.05, 3.63) is 34.9 Å². The van der Waals surface area contributed by atoms with Crippen molar-refractivity contribution in [3.63, 3.8) is 0 Å². The number of nitrogens with zero attached hydrogens (tertiary/aromatic N) is 1. The van der Waals surface area contributed by atoms with Gasteiger partial charge in [-0.05, 0) is 32.8 Å². The number of hydrogen-bond donors (Lipinski definition) is 1. The van der Waals surface area contributed by atoms with Crippen molar-refractivity contribution in [2.45, 2.75) is 91.9 Å². The minimum Gasteiger partial charge on any atom is -0.273 e. The van der Waals surface area contributed by atoms with E-state index in [0.717, 1.165) is 24.1 Å². The minimum atomic E-state index is 0.0204. The molecule has 0 bridgehead atoms. The van der Waals surface area contributed by atoms with Gasteiger partial charge < -0.3 is 0 Å². The summed E-state index contributed by atoms with van der Waals surface area (Å²) in [6.45, 7) is 8.34. The molecule has 3 nitrogen and oxygen atoms in total. The summed E-state index contributed by atoms with van der Waals surface area (Å²) >= 11 is 0. The summed E-state index contributed by atoms with van der Waals surface area (Å²) in [7, 11) is 0. The highest BCUT2D eigenvalue weighted by Gasteiger charge is 2.04. The first-order valence-corrected chi connectivity index (χ1v) is 9.95. The van der Waals surface area contributed by atoms with Crippen molar-refractivity contribution in [1.82, 2.24) is 5.43 Å². The maximum atomic E-state index is 11.9. The zero-order valence-corrected chi connectivity index (χ0v) is 16.7. The Bertz CT molecular complexity index is 549. The molecule has 1 aromatic rings. The summed E-state index contributed by atoms with van der Waals surface area (Å²) in [5.41, 5.74) is 7.08. The molecule has 0 spiro atoms. The van der Waals surface area contributed by atoms with Crippen LogP contribution < -0.4 is 5.43 Å². The van der Waals surface area contributed by atoms with Gasteiger partial charge in [0.1, 0.15) is 0 Å². The molecule has 0 heterocycles. The van der Waals surface area contributed by atoms with Crippen molar-refractivity contribution >= 4 is 11.6 Å². The standard InChI is InChI=1S/C22H36N2O/c1-5-6-7-8-9-10-11-12-13-14-22(25)24-23-20(4)21-16-15-18(2)17-19(21)3/h15-17H,5-14H2,1-4H3,(H,24,25)/b23-20+. The lowest BCUT2D eigenvalue weighted by molar-refractivity contribution is -0.121. The third kappa shape index (κ3) is 9.42. The van der Waals surface area contributed by atoms with Crippen LogP contribution in [-0.4, -0.2) is 11.6 Å². The number of rotatable bonds is 12. The molecule has 1 amide bonds. The molecule has 1 N–H and O–H groups in total. The number of hydrogen-bond acceptors (Lipinski definition) is 2. The summed E-state index contributed by atoms with van der Waals surface area (Å²) in [5.74, 6) is 0.0204. The van der Waals surface area contributed by atoms with Crippen molar-refractivity contribution < 1.29 is 4.79 Å². The number of hydrazone groups is 1. The van der Waals surface area contributed by atoms with Crippen LogP contribution in [0.15, 0.2) is 23.3 Å². The molecule has 1 aromatic carbocycles. The maximum absolute atomic E-state index is 11.9. The maximum Gasteiger partial charge on any atom is 0.240 e.